The van der Waals surface area contributed by atoms with Gasteiger partial charge in [-0.2, -0.15) is 0 Å². The highest BCUT2D eigenvalue weighted by Crippen LogP contribution is 2.18. The maximum atomic E-state index is 13.1. The number of aryl methyl sites for hydroxylation is 1. The molecule has 0 aliphatic heterocycles. The van der Waals surface area contributed by atoms with Gasteiger partial charge >= 0.3 is 0 Å². The van der Waals surface area contributed by atoms with Crippen molar-refractivity contribution >= 4 is 17.5 Å². The zero-order chi connectivity index (χ0) is 14.0. The number of nitrogens with zero attached hydrogens (tertiary/aromatic N) is 2. The quantitative estimate of drug-likeness (QED) is 0.813. The second kappa shape index (κ2) is 5.40. The van der Waals surface area contributed by atoms with Gasteiger partial charge in [0.05, 0.1) is 18.0 Å². The van der Waals surface area contributed by atoms with Crippen LogP contribution in [0.25, 0.3) is 0 Å². The molecule has 19 heavy (non-hydrogen) atoms. The van der Waals surface area contributed by atoms with Gasteiger partial charge in [0.1, 0.15) is 16.7 Å². The van der Waals surface area contributed by atoms with Crippen LogP contribution in [0.5, 0.6) is 0 Å². The molecule has 2 rings (SSSR count). The van der Waals surface area contributed by atoms with E-state index in [0.29, 0.717) is 6.54 Å². The fourth-order valence-electron chi connectivity index (χ4n) is 1.68. The molecule has 0 aromatic carbocycles. The fraction of sp³-hybridized carbons (Fsp3) is 0.231. The van der Waals surface area contributed by atoms with Crippen molar-refractivity contribution in [2.24, 2.45) is 0 Å². The van der Waals surface area contributed by atoms with Gasteiger partial charge in [-0.25, -0.2) is 9.37 Å². The van der Waals surface area contributed by atoms with Crippen molar-refractivity contribution in [2.75, 3.05) is 7.05 Å². The predicted molar refractivity (Wildman–Crippen MR) is 68.4 cm³/mol. The number of aromatic nitrogens is 1. The zero-order valence-electron chi connectivity index (χ0n) is 10.5. The molecule has 0 saturated carbocycles. The summed E-state index contributed by atoms with van der Waals surface area (Å²) in [4.78, 5) is 17.2. The smallest absolute Gasteiger partial charge is 0.257 e. The summed E-state index contributed by atoms with van der Waals surface area (Å²) in [5.41, 5.74) is 0.932. The van der Waals surface area contributed by atoms with Crippen molar-refractivity contribution < 1.29 is 13.6 Å². The molecule has 100 valence electrons. The van der Waals surface area contributed by atoms with Gasteiger partial charge in [-0.15, -0.1) is 0 Å². The molecule has 0 bridgehead atoms. The number of carbonyl (C=O) groups excluding carboxylic acids is 1. The van der Waals surface area contributed by atoms with Crippen molar-refractivity contribution in [3.63, 3.8) is 0 Å². The molecule has 0 aliphatic rings. The van der Waals surface area contributed by atoms with Crippen molar-refractivity contribution in [3.05, 3.63) is 52.5 Å². The molecule has 0 unspecified atom stereocenters. The van der Waals surface area contributed by atoms with Crippen LogP contribution in [-0.4, -0.2) is 22.8 Å². The van der Waals surface area contributed by atoms with Crippen LogP contribution in [-0.2, 0) is 6.54 Å². The number of hydrogen-bond acceptors (Lipinski definition) is 3. The van der Waals surface area contributed by atoms with Gasteiger partial charge in [-0.1, -0.05) is 11.6 Å². The Labute approximate surface area is 114 Å². The minimum atomic E-state index is -0.597. The summed E-state index contributed by atoms with van der Waals surface area (Å²) in [5, 5.41) is -0.0119. The van der Waals surface area contributed by atoms with E-state index in [-0.39, 0.29) is 10.7 Å². The summed E-state index contributed by atoms with van der Waals surface area (Å²) in [6.45, 7) is 2.17. The molecule has 0 spiro atoms. The van der Waals surface area contributed by atoms with E-state index in [4.69, 9.17) is 16.0 Å². The van der Waals surface area contributed by atoms with E-state index in [0.717, 1.165) is 23.6 Å². The van der Waals surface area contributed by atoms with Gasteiger partial charge in [-0.3, -0.25) is 4.79 Å². The lowest BCUT2D eigenvalue weighted by Crippen LogP contribution is -2.26. The standard InChI is InChI=1S/C13H12ClFN2O2/c1-8-9(3-4-19-8)7-17(2)13(18)11-5-10(15)6-16-12(11)14/h3-6H,7H2,1-2H3. The lowest BCUT2D eigenvalue weighted by atomic mass is 10.2. The third kappa shape index (κ3) is 2.93. The number of halogens is 2. The zero-order valence-corrected chi connectivity index (χ0v) is 11.2. The summed E-state index contributed by atoms with van der Waals surface area (Å²) in [5.74, 6) is -0.249. The number of hydrogen-bond donors (Lipinski definition) is 0. The van der Waals surface area contributed by atoms with E-state index in [2.05, 4.69) is 4.98 Å². The number of pyridine rings is 1. The fourth-order valence-corrected chi connectivity index (χ4v) is 1.86. The normalized spacial score (nSPS) is 10.5. The molecule has 0 radical (unpaired) electrons. The minimum Gasteiger partial charge on any atom is -0.469 e. The number of furan rings is 1. The van der Waals surface area contributed by atoms with Gasteiger partial charge in [0, 0.05) is 19.2 Å². The molecule has 6 heteroatoms. The highest BCUT2D eigenvalue weighted by molar-refractivity contribution is 6.32. The largest absolute Gasteiger partial charge is 0.469 e. The Kier molecular flexibility index (Phi) is 3.85. The molecule has 0 aliphatic carbocycles. The first-order chi connectivity index (χ1) is 8.99. The van der Waals surface area contributed by atoms with Crippen LogP contribution < -0.4 is 0 Å². The molecule has 4 nitrogen and oxygen atoms in total. The Balaban J connectivity index is 2.19. The summed E-state index contributed by atoms with van der Waals surface area (Å²) < 4.78 is 18.3. The molecule has 0 N–H and O–H groups in total. The average Bonchev–Trinajstić information content (AvgIpc) is 2.77. The van der Waals surface area contributed by atoms with Crippen LogP contribution in [0, 0.1) is 12.7 Å². The Morgan fingerprint density at radius 2 is 2.32 bits per heavy atom. The van der Waals surface area contributed by atoms with Gasteiger partial charge in [0.2, 0.25) is 0 Å². The van der Waals surface area contributed by atoms with Gasteiger partial charge < -0.3 is 9.32 Å². The second-order valence-corrected chi connectivity index (χ2v) is 4.51. The van der Waals surface area contributed by atoms with Crippen molar-refractivity contribution in [1.82, 2.24) is 9.88 Å². The summed E-state index contributed by atoms with van der Waals surface area (Å²) in [7, 11) is 1.61. The van der Waals surface area contributed by atoms with Crippen LogP contribution in [0.2, 0.25) is 5.15 Å². The third-order valence-electron chi connectivity index (χ3n) is 2.76. The van der Waals surface area contributed by atoms with Crippen LogP contribution in [0.4, 0.5) is 4.39 Å². The first-order valence-electron chi connectivity index (χ1n) is 5.58. The number of carbonyl (C=O) groups is 1. The maximum absolute atomic E-state index is 13.1. The average molecular weight is 283 g/mol. The monoisotopic (exact) mass is 282 g/mol. The molecule has 2 aromatic heterocycles. The Morgan fingerprint density at radius 1 is 1.58 bits per heavy atom. The van der Waals surface area contributed by atoms with Crippen molar-refractivity contribution in [1.29, 1.82) is 0 Å². The lowest BCUT2D eigenvalue weighted by molar-refractivity contribution is 0.0784. The van der Waals surface area contributed by atoms with Gasteiger partial charge in [0.15, 0.2) is 0 Å². The Hall–Kier alpha value is -1.88. The maximum Gasteiger partial charge on any atom is 0.257 e. The Morgan fingerprint density at radius 3 is 2.95 bits per heavy atom. The minimum absolute atomic E-state index is 0.0119. The number of rotatable bonds is 3. The van der Waals surface area contributed by atoms with Crippen LogP contribution in [0.1, 0.15) is 21.7 Å². The van der Waals surface area contributed by atoms with E-state index in [1.807, 2.05) is 6.92 Å². The van der Waals surface area contributed by atoms with Crippen LogP contribution in [0.3, 0.4) is 0 Å². The predicted octanol–water partition coefficient (Wildman–Crippen LogP) is 3.05. The molecule has 0 atom stereocenters. The van der Waals surface area contributed by atoms with Crippen molar-refractivity contribution in [2.45, 2.75) is 13.5 Å². The molecular weight excluding hydrogens is 271 g/mol. The SMILES string of the molecule is Cc1occc1CN(C)C(=O)c1cc(F)cnc1Cl. The molecule has 1 amide bonds. The lowest BCUT2D eigenvalue weighted by Gasteiger charge is -2.17. The molecule has 0 saturated heterocycles. The van der Waals surface area contributed by atoms with Crippen LogP contribution in [0.15, 0.2) is 29.0 Å². The highest BCUT2D eigenvalue weighted by Gasteiger charge is 2.18. The molecule has 0 fully saturated rings. The van der Waals surface area contributed by atoms with Gasteiger partial charge in [0.25, 0.3) is 5.91 Å². The van der Waals surface area contributed by atoms with E-state index in [9.17, 15) is 9.18 Å². The number of amides is 1. The van der Waals surface area contributed by atoms with Crippen molar-refractivity contribution in [3.8, 4) is 0 Å². The summed E-state index contributed by atoms with van der Waals surface area (Å²) in [6, 6.07) is 2.86. The van der Waals surface area contributed by atoms with E-state index in [1.165, 1.54) is 4.90 Å². The van der Waals surface area contributed by atoms with E-state index >= 15 is 0 Å². The molecular formula is C13H12ClFN2O2. The molecule has 2 heterocycles. The Bertz CT molecular complexity index is 612. The first kappa shape index (κ1) is 13.5. The molecule has 2 aromatic rings. The summed E-state index contributed by atoms with van der Waals surface area (Å²) >= 11 is 5.80. The third-order valence-corrected chi connectivity index (χ3v) is 3.06. The van der Waals surface area contributed by atoms with E-state index < -0.39 is 11.7 Å². The van der Waals surface area contributed by atoms with E-state index in [1.54, 1.807) is 19.4 Å². The first-order valence-corrected chi connectivity index (χ1v) is 5.96. The topological polar surface area (TPSA) is 46.3 Å². The van der Waals surface area contributed by atoms with Crippen LogP contribution >= 0.6 is 11.6 Å². The summed E-state index contributed by atoms with van der Waals surface area (Å²) in [6.07, 6.45) is 2.53. The highest BCUT2D eigenvalue weighted by atomic mass is 35.5. The second-order valence-electron chi connectivity index (χ2n) is 4.16. The van der Waals surface area contributed by atoms with Gasteiger partial charge in [-0.05, 0) is 19.1 Å².